The fraction of sp³-hybridized carbons (Fsp3) is 0.429. The minimum absolute atomic E-state index is 0.0816. The molecule has 13 nitrogen and oxygen atoms in total. The lowest BCUT2D eigenvalue weighted by Crippen LogP contribution is -2.38. The number of rotatable bonds is 8. The first-order valence-corrected chi connectivity index (χ1v) is 17.7. The van der Waals surface area contributed by atoms with Crippen molar-refractivity contribution in [2.45, 2.75) is 85.0 Å². The number of likely N-dealkylation sites (tertiary alicyclic amines) is 1. The van der Waals surface area contributed by atoms with Gasteiger partial charge in [0.15, 0.2) is 5.82 Å². The number of nitrogens with one attached hydrogen (secondary N) is 2. The van der Waals surface area contributed by atoms with Gasteiger partial charge in [0.2, 0.25) is 5.89 Å². The number of nitrogens with zero attached hydrogens (tertiary/aromatic N) is 6. The second-order valence-electron chi connectivity index (χ2n) is 13.7. The van der Waals surface area contributed by atoms with Crippen LogP contribution in [0.1, 0.15) is 68.9 Å². The monoisotopic (exact) mass is 734 g/mol. The highest BCUT2D eigenvalue weighted by Gasteiger charge is 2.32. The summed E-state index contributed by atoms with van der Waals surface area (Å²) in [5.74, 6) is 0.759. The fourth-order valence-corrected chi connectivity index (χ4v) is 8.21. The van der Waals surface area contributed by atoms with Gasteiger partial charge in [0.1, 0.15) is 34.4 Å². The minimum atomic E-state index is -0.781. The van der Waals surface area contributed by atoms with E-state index in [-0.39, 0.29) is 58.2 Å². The van der Waals surface area contributed by atoms with E-state index in [0.717, 1.165) is 41.9 Å². The van der Waals surface area contributed by atoms with E-state index in [0.29, 0.717) is 44.9 Å². The molecule has 0 radical (unpaired) electrons. The molecule has 1 fully saturated rings. The first kappa shape index (κ1) is 34.8. The van der Waals surface area contributed by atoms with E-state index in [1.54, 1.807) is 33.8 Å². The Balaban J connectivity index is 1.41. The molecule has 0 bridgehead atoms. The minimum Gasteiger partial charge on any atom is -0.459 e. The molecule has 1 saturated heterocycles. The van der Waals surface area contributed by atoms with E-state index in [4.69, 9.17) is 40.3 Å². The molecule has 7 rings (SSSR count). The van der Waals surface area contributed by atoms with Crippen LogP contribution in [0.2, 0.25) is 5.02 Å². The van der Waals surface area contributed by atoms with Crippen LogP contribution in [-0.2, 0) is 29.2 Å². The van der Waals surface area contributed by atoms with Crippen molar-refractivity contribution < 1.29 is 27.9 Å². The second-order valence-corrected chi connectivity index (χ2v) is 15.1. The normalized spacial score (nSPS) is 16.7. The number of hydrogen-bond donors (Lipinski definition) is 2. The molecule has 0 spiro atoms. The number of nitriles is 1. The Labute approximate surface area is 302 Å². The molecule has 0 saturated carbocycles. The summed E-state index contributed by atoms with van der Waals surface area (Å²) in [4.78, 5) is 29.0. The highest BCUT2D eigenvalue weighted by Crippen LogP contribution is 2.49. The van der Waals surface area contributed by atoms with E-state index in [2.05, 4.69) is 38.8 Å². The summed E-state index contributed by atoms with van der Waals surface area (Å²) in [6.45, 7) is 10.5. The number of aryl methyl sites for hydroxylation is 1. The molecule has 3 aromatic heterocycles. The number of hydrogen-bond acceptors (Lipinski definition) is 13. The number of likely N-dealkylation sites (N-methyl/N-ethyl adjacent to an activating group) is 1. The van der Waals surface area contributed by atoms with Crippen LogP contribution in [-0.4, -0.2) is 62.4 Å². The number of carbonyl (C=O) groups excluding carboxylic acids is 1. The molecule has 2 aromatic carbocycles. The number of halogens is 2. The van der Waals surface area contributed by atoms with E-state index in [9.17, 15) is 10.1 Å². The maximum atomic E-state index is 15.5. The van der Waals surface area contributed by atoms with Gasteiger partial charge in [0, 0.05) is 23.9 Å². The average Bonchev–Trinajstić information content (AvgIpc) is 3.87. The molecule has 5 heterocycles. The van der Waals surface area contributed by atoms with E-state index >= 15 is 4.39 Å². The quantitative estimate of drug-likeness (QED) is 0.160. The number of ether oxygens (including phenoxy) is 3. The first-order chi connectivity index (χ1) is 24.3. The Morgan fingerprint density at radius 3 is 2.71 bits per heavy atom. The number of thiophene rings is 1. The molecular weight excluding hydrogens is 699 g/mol. The lowest BCUT2D eigenvalue weighted by Gasteiger charge is -2.26. The topological polar surface area (TPSA) is 161 Å². The zero-order valence-electron chi connectivity index (χ0n) is 28.9. The molecule has 5 aromatic rings. The van der Waals surface area contributed by atoms with Crippen LogP contribution in [0.3, 0.4) is 0 Å². The van der Waals surface area contributed by atoms with Crippen LogP contribution < -0.4 is 15.4 Å². The van der Waals surface area contributed by atoms with Gasteiger partial charge in [-0.15, -0.1) is 11.3 Å². The Kier molecular flexibility index (Phi) is 9.21. The molecule has 2 aliphatic rings. The summed E-state index contributed by atoms with van der Waals surface area (Å²) in [6.07, 6.45) is 1.07. The largest absolute Gasteiger partial charge is 0.459 e. The van der Waals surface area contributed by atoms with Crippen molar-refractivity contribution in [3.8, 4) is 23.2 Å². The van der Waals surface area contributed by atoms with Crippen LogP contribution in [0.4, 0.5) is 20.0 Å². The maximum Gasteiger partial charge on any atom is 0.412 e. The van der Waals surface area contributed by atoms with E-state index in [1.807, 2.05) is 6.92 Å². The van der Waals surface area contributed by atoms with Gasteiger partial charge in [-0.2, -0.15) is 20.2 Å². The third kappa shape index (κ3) is 6.64. The molecule has 0 aliphatic carbocycles. The number of aromatic nitrogens is 4. The van der Waals surface area contributed by atoms with E-state index in [1.165, 1.54) is 6.07 Å². The third-order valence-electron chi connectivity index (χ3n) is 8.96. The standard InChI is InChI=1S/C35H36ClFN8O5S/c1-16(23-8-7-11-45(23)6)48-33-41-29-27(31(42-33)39-13-24-40-17(2)50-44-24)21-15-47-14-20(21)25(28(29)36)18-9-10-22(37)30-26(18)19(12-38)32(51-30)43-34(46)49-35(3,4)5/h9-10,16,23H,7-8,11,13-15H2,1-6H3,(H,43,46)(H,39,41,42)/t16-,23-/m0/s1. The van der Waals surface area contributed by atoms with Crippen molar-refractivity contribution in [3.63, 3.8) is 0 Å². The van der Waals surface area contributed by atoms with Crippen LogP contribution >= 0.6 is 22.9 Å². The number of fused-ring (bicyclic) bond motifs is 4. The summed E-state index contributed by atoms with van der Waals surface area (Å²) in [6, 6.07) is 5.38. The van der Waals surface area contributed by atoms with Gasteiger partial charge in [-0.25, -0.2) is 9.18 Å². The van der Waals surface area contributed by atoms with Crippen molar-refractivity contribution >= 4 is 60.8 Å². The molecule has 2 aliphatic heterocycles. The first-order valence-electron chi connectivity index (χ1n) is 16.5. The highest BCUT2D eigenvalue weighted by molar-refractivity contribution is 7.23. The molecule has 1 amide bonds. The number of amides is 1. The van der Waals surface area contributed by atoms with Crippen LogP contribution in [0.15, 0.2) is 16.7 Å². The number of anilines is 2. The lowest BCUT2D eigenvalue weighted by atomic mass is 9.91. The molecule has 0 unspecified atom stereocenters. The van der Waals surface area contributed by atoms with Crippen molar-refractivity contribution in [1.82, 2.24) is 25.0 Å². The SMILES string of the molecule is Cc1nc(CNc2nc(O[C@@H](C)[C@@H]3CCCN3C)nc3c(Cl)c(-c4ccc(F)c5sc(NC(=O)OC(C)(C)C)c(C#N)c45)c4c(c23)COC4)no1. The average molecular weight is 735 g/mol. The second kappa shape index (κ2) is 13.5. The van der Waals surface area contributed by atoms with Crippen molar-refractivity contribution in [1.29, 1.82) is 5.26 Å². The van der Waals surface area contributed by atoms with Crippen molar-refractivity contribution in [3.05, 3.63) is 51.4 Å². The maximum absolute atomic E-state index is 15.5. The fourth-order valence-electron chi connectivity index (χ4n) is 6.79. The zero-order chi connectivity index (χ0) is 36.2. The Bertz CT molecular complexity index is 2230. The number of benzene rings is 2. The van der Waals surface area contributed by atoms with Crippen LogP contribution in [0.5, 0.6) is 6.01 Å². The molecule has 2 N–H and O–H groups in total. The Hall–Kier alpha value is -4.62. The van der Waals surface area contributed by atoms with Crippen molar-refractivity contribution in [2.24, 2.45) is 0 Å². The van der Waals surface area contributed by atoms with Crippen molar-refractivity contribution in [2.75, 3.05) is 24.2 Å². The van der Waals surface area contributed by atoms with Gasteiger partial charge in [-0.05, 0) is 76.9 Å². The van der Waals surface area contributed by atoms with E-state index < -0.39 is 17.5 Å². The smallest absolute Gasteiger partial charge is 0.412 e. The number of carbonyl (C=O) groups is 1. The van der Waals surface area contributed by atoms with Gasteiger partial charge >= 0.3 is 12.1 Å². The Morgan fingerprint density at radius 2 is 2.02 bits per heavy atom. The van der Waals surface area contributed by atoms with Crippen LogP contribution in [0.25, 0.3) is 32.1 Å². The molecule has 266 valence electrons. The van der Waals surface area contributed by atoms with Gasteiger partial charge in [-0.3, -0.25) is 10.2 Å². The van der Waals surface area contributed by atoms with Gasteiger partial charge in [0.05, 0.1) is 45.9 Å². The summed E-state index contributed by atoms with van der Waals surface area (Å²) in [5.41, 5.74) is 2.24. The Morgan fingerprint density at radius 1 is 1.24 bits per heavy atom. The predicted octanol–water partition coefficient (Wildman–Crippen LogP) is 7.72. The van der Waals surface area contributed by atoms with Crippen LogP contribution in [0, 0.1) is 24.1 Å². The summed E-state index contributed by atoms with van der Waals surface area (Å²) in [7, 11) is 2.07. The molecule has 51 heavy (non-hydrogen) atoms. The molecule has 2 atom stereocenters. The lowest BCUT2D eigenvalue weighted by molar-refractivity contribution is 0.0636. The molecule has 16 heteroatoms. The summed E-state index contributed by atoms with van der Waals surface area (Å²) in [5, 5.41) is 21.7. The van der Waals surface area contributed by atoms with Gasteiger partial charge in [-0.1, -0.05) is 22.8 Å². The van der Waals surface area contributed by atoms with Gasteiger partial charge in [0.25, 0.3) is 0 Å². The highest BCUT2D eigenvalue weighted by atomic mass is 35.5. The predicted molar refractivity (Wildman–Crippen MR) is 190 cm³/mol. The summed E-state index contributed by atoms with van der Waals surface area (Å²) < 4.78 is 38.7. The summed E-state index contributed by atoms with van der Waals surface area (Å²) >= 11 is 8.32. The third-order valence-corrected chi connectivity index (χ3v) is 10.4. The van der Waals surface area contributed by atoms with Gasteiger partial charge < -0.3 is 24.1 Å². The molecular formula is C35H36ClFN8O5S. The zero-order valence-corrected chi connectivity index (χ0v) is 30.5.